The van der Waals surface area contributed by atoms with Gasteiger partial charge in [-0.05, 0) is 41.5 Å². The minimum Gasteiger partial charge on any atom is -0.268 e. The van der Waals surface area contributed by atoms with Gasteiger partial charge in [-0.1, -0.05) is 44.2 Å². The molecule has 0 fully saturated rings. The van der Waals surface area contributed by atoms with Crippen LogP contribution >= 0.6 is 11.6 Å². The Morgan fingerprint density at radius 2 is 1.85 bits per heavy atom. The molecule has 0 aromatic heterocycles. The molecule has 0 aliphatic rings. The van der Waals surface area contributed by atoms with E-state index in [4.69, 9.17) is 16.5 Å². The largest absolute Gasteiger partial charge is 0.427 e. The molecule has 0 heterocycles. The van der Waals surface area contributed by atoms with E-state index in [1.54, 1.807) is 6.92 Å². The Bertz CT molecular complexity index is 460. The topological polar surface area (TPSA) is 61.8 Å². The molecule has 0 aliphatic carbocycles. The smallest absolute Gasteiger partial charge is 0.268 e. The second kappa shape index (κ2) is 7.38. The number of rotatable bonds is 7. The lowest BCUT2D eigenvalue weighted by Gasteiger charge is -2.29. The maximum absolute atomic E-state index is 10.9. The first-order valence-electron chi connectivity index (χ1n) is 6.17. The first kappa shape index (κ1) is 16.6. The van der Waals surface area contributed by atoms with Crippen molar-refractivity contribution >= 4 is 22.8 Å². The number of carbonyl (C=O) groups is 2. The van der Waals surface area contributed by atoms with Crippen LogP contribution in [0, 0.1) is 5.92 Å². The average molecular weight is 301 g/mol. The van der Waals surface area contributed by atoms with Crippen LogP contribution in [0.25, 0.3) is 0 Å². The molecule has 110 valence electrons. The first-order chi connectivity index (χ1) is 9.35. The van der Waals surface area contributed by atoms with Crippen molar-refractivity contribution in [2.45, 2.75) is 32.8 Å². The SMILES string of the molecule is CC(C)CC(C)(OOOC(=O)C(=O)Cl)c1ccccc1. The lowest BCUT2D eigenvalue weighted by atomic mass is 9.87. The fourth-order valence-electron chi connectivity index (χ4n) is 1.93. The normalized spacial score (nSPS) is 13.8. The number of carbonyl (C=O) groups excluding carboxylic acids is 2. The Kier molecular flexibility index (Phi) is 6.13. The van der Waals surface area contributed by atoms with Crippen molar-refractivity contribution in [2.75, 3.05) is 0 Å². The van der Waals surface area contributed by atoms with Crippen molar-refractivity contribution in [3.8, 4) is 0 Å². The molecule has 1 unspecified atom stereocenters. The molecule has 0 amide bonds. The van der Waals surface area contributed by atoms with Crippen LogP contribution in [0.5, 0.6) is 0 Å². The van der Waals surface area contributed by atoms with E-state index in [1.165, 1.54) is 0 Å². The first-order valence-corrected chi connectivity index (χ1v) is 6.54. The lowest BCUT2D eigenvalue weighted by molar-refractivity contribution is -0.522. The molecule has 0 saturated heterocycles. The number of halogens is 1. The summed E-state index contributed by atoms with van der Waals surface area (Å²) < 4.78 is 0. The third-order valence-electron chi connectivity index (χ3n) is 2.67. The summed E-state index contributed by atoms with van der Waals surface area (Å²) in [5.74, 6) is -1.01. The molecular weight excluding hydrogens is 284 g/mol. The van der Waals surface area contributed by atoms with E-state index in [1.807, 2.05) is 44.2 Å². The minimum absolute atomic E-state index is 0.314. The van der Waals surface area contributed by atoms with Crippen LogP contribution in [-0.2, 0) is 30.0 Å². The fourth-order valence-corrected chi connectivity index (χ4v) is 1.96. The van der Waals surface area contributed by atoms with Crippen molar-refractivity contribution in [1.29, 1.82) is 0 Å². The molecular formula is C14H17ClO5. The second-order valence-electron chi connectivity index (χ2n) is 4.99. The molecule has 1 rings (SSSR count). The van der Waals surface area contributed by atoms with Gasteiger partial charge in [0.15, 0.2) is 0 Å². The van der Waals surface area contributed by atoms with Gasteiger partial charge >= 0.3 is 11.2 Å². The zero-order valence-electron chi connectivity index (χ0n) is 11.6. The highest BCUT2D eigenvalue weighted by molar-refractivity contribution is 6.80. The van der Waals surface area contributed by atoms with Gasteiger partial charge in [0.2, 0.25) is 0 Å². The monoisotopic (exact) mass is 300 g/mol. The molecule has 5 nitrogen and oxygen atoms in total. The van der Waals surface area contributed by atoms with Crippen molar-refractivity contribution in [3.05, 3.63) is 35.9 Å². The molecule has 0 spiro atoms. The fraction of sp³-hybridized carbons (Fsp3) is 0.429. The van der Waals surface area contributed by atoms with Crippen LogP contribution in [-0.4, -0.2) is 11.2 Å². The summed E-state index contributed by atoms with van der Waals surface area (Å²) in [5, 5.41) is 3.14. The standard InChI is InChI=1S/C14H17ClO5/c1-10(2)9-14(3,11-7-5-4-6-8-11)19-20-18-13(17)12(15)16/h4-8,10H,9H2,1-3H3. The number of hydrogen-bond donors (Lipinski definition) is 0. The summed E-state index contributed by atoms with van der Waals surface area (Å²) in [4.78, 5) is 30.7. The molecule has 0 N–H and O–H groups in total. The van der Waals surface area contributed by atoms with Gasteiger partial charge in [0.05, 0.1) is 0 Å². The zero-order valence-corrected chi connectivity index (χ0v) is 12.3. The van der Waals surface area contributed by atoms with E-state index in [0.717, 1.165) is 5.56 Å². The van der Waals surface area contributed by atoms with E-state index < -0.39 is 16.8 Å². The molecule has 1 aromatic carbocycles. The van der Waals surface area contributed by atoms with Gasteiger partial charge in [0.25, 0.3) is 0 Å². The Hall–Kier alpha value is -1.43. The molecule has 0 radical (unpaired) electrons. The van der Waals surface area contributed by atoms with Crippen molar-refractivity contribution in [2.24, 2.45) is 5.92 Å². The lowest BCUT2D eigenvalue weighted by Crippen LogP contribution is -2.29. The number of benzene rings is 1. The third kappa shape index (κ3) is 4.92. The highest BCUT2D eigenvalue weighted by Gasteiger charge is 2.31. The molecule has 0 bridgehead atoms. The van der Waals surface area contributed by atoms with Gasteiger partial charge in [0, 0.05) is 0 Å². The van der Waals surface area contributed by atoms with Gasteiger partial charge in [0.1, 0.15) is 5.60 Å². The Morgan fingerprint density at radius 1 is 1.25 bits per heavy atom. The summed E-state index contributed by atoms with van der Waals surface area (Å²) in [6.45, 7) is 5.86. The summed E-state index contributed by atoms with van der Waals surface area (Å²) in [5.41, 5.74) is 0.0485. The highest BCUT2D eigenvalue weighted by Crippen LogP contribution is 2.32. The predicted molar refractivity (Wildman–Crippen MR) is 72.4 cm³/mol. The molecule has 1 aromatic rings. The van der Waals surface area contributed by atoms with Crippen molar-refractivity contribution < 1.29 is 24.4 Å². The molecule has 0 saturated carbocycles. The van der Waals surface area contributed by atoms with Gasteiger partial charge in [-0.25, -0.2) is 4.79 Å². The third-order valence-corrected chi connectivity index (χ3v) is 2.82. The molecule has 1 atom stereocenters. The van der Waals surface area contributed by atoms with Crippen LogP contribution in [0.1, 0.15) is 32.8 Å². The van der Waals surface area contributed by atoms with Crippen molar-refractivity contribution in [1.82, 2.24) is 0 Å². The summed E-state index contributed by atoms with van der Waals surface area (Å²) in [6.07, 6.45) is 0.628. The van der Waals surface area contributed by atoms with Crippen LogP contribution in [0.3, 0.4) is 0 Å². The Morgan fingerprint density at radius 3 is 2.35 bits per heavy atom. The maximum atomic E-state index is 10.9. The summed E-state index contributed by atoms with van der Waals surface area (Å²) >= 11 is 4.93. The van der Waals surface area contributed by atoms with Crippen molar-refractivity contribution in [3.63, 3.8) is 0 Å². The van der Waals surface area contributed by atoms with Crippen LogP contribution in [0.2, 0.25) is 0 Å². The predicted octanol–water partition coefficient (Wildman–Crippen LogP) is 3.12. The maximum Gasteiger partial charge on any atom is 0.427 e. The van der Waals surface area contributed by atoms with Gasteiger partial charge in [-0.3, -0.25) is 9.68 Å². The minimum atomic E-state index is -1.33. The Labute approximate surface area is 122 Å². The van der Waals surface area contributed by atoms with E-state index in [0.29, 0.717) is 12.3 Å². The second-order valence-corrected chi connectivity index (χ2v) is 5.33. The van der Waals surface area contributed by atoms with Crippen LogP contribution < -0.4 is 0 Å². The van der Waals surface area contributed by atoms with E-state index in [-0.39, 0.29) is 0 Å². The van der Waals surface area contributed by atoms with E-state index in [2.05, 4.69) is 9.93 Å². The highest BCUT2D eigenvalue weighted by atomic mass is 35.5. The summed E-state index contributed by atoms with van der Waals surface area (Å²) in [7, 11) is 0. The molecule has 20 heavy (non-hydrogen) atoms. The van der Waals surface area contributed by atoms with Crippen LogP contribution in [0.4, 0.5) is 0 Å². The zero-order chi connectivity index (χ0) is 15.2. The van der Waals surface area contributed by atoms with E-state index >= 15 is 0 Å². The van der Waals surface area contributed by atoms with Crippen LogP contribution in [0.15, 0.2) is 30.3 Å². The average Bonchev–Trinajstić information content (AvgIpc) is 2.38. The van der Waals surface area contributed by atoms with Gasteiger partial charge in [-0.2, -0.15) is 4.89 Å². The quantitative estimate of drug-likeness (QED) is 0.335. The Balaban J connectivity index is 2.75. The van der Waals surface area contributed by atoms with E-state index in [9.17, 15) is 9.59 Å². The number of hydrogen-bond acceptors (Lipinski definition) is 5. The molecule has 6 heteroatoms. The molecule has 0 aliphatic heterocycles. The van der Waals surface area contributed by atoms with Gasteiger partial charge < -0.3 is 0 Å². The summed E-state index contributed by atoms with van der Waals surface area (Å²) in [6, 6.07) is 9.37. The van der Waals surface area contributed by atoms with Gasteiger partial charge in [-0.15, -0.1) is 0 Å².